The molecule has 0 fully saturated rings. The molecule has 0 heterocycles. The third-order valence-electron chi connectivity index (χ3n) is 1.38. The highest BCUT2D eigenvalue weighted by molar-refractivity contribution is 5.56. The number of benzene rings is 1. The van der Waals surface area contributed by atoms with Gasteiger partial charge in [0.1, 0.15) is 11.8 Å². The van der Waals surface area contributed by atoms with Gasteiger partial charge in [0, 0.05) is 5.69 Å². The van der Waals surface area contributed by atoms with Crippen molar-refractivity contribution in [3.63, 3.8) is 0 Å². The van der Waals surface area contributed by atoms with Crippen LogP contribution in [-0.4, -0.2) is 7.11 Å². The second-order valence-corrected chi connectivity index (χ2v) is 2.06. The van der Waals surface area contributed by atoms with E-state index in [9.17, 15) is 0 Å². The molecule has 1 rings (SSSR count). The van der Waals surface area contributed by atoms with Crippen molar-refractivity contribution in [2.24, 2.45) is 0 Å². The second kappa shape index (κ2) is 2.93. The van der Waals surface area contributed by atoms with Gasteiger partial charge in [-0.25, -0.2) is 0 Å². The standard InChI is InChI=1S/C8H8N2O/c1-11-7-2-3-8(10)6(4-7)5-9/h2-4H,10H2,1H3. The van der Waals surface area contributed by atoms with Crippen molar-refractivity contribution in [2.75, 3.05) is 12.8 Å². The molecule has 3 heteroatoms. The first-order chi connectivity index (χ1) is 5.27. The fraction of sp³-hybridized carbons (Fsp3) is 0.125. The van der Waals surface area contributed by atoms with Crippen LogP contribution in [-0.2, 0) is 0 Å². The van der Waals surface area contributed by atoms with Crippen molar-refractivity contribution in [3.8, 4) is 11.8 Å². The van der Waals surface area contributed by atoms with Gasteiger partial charge in [0.25, 0.3) is 0 Å². The van der Waals surface area contributed by atoms with Gasteiger partial charge in [0.2, 0.25) is 0 Å². The fourth-order valence-corrected chi connectivity index (χ4v) is 0.759. The SMILES string of the molecule is COc1ccc(N)c(C#N)c1. The number of anilines is 1. The van der Waals surface area contributed by atoms with E-state index in [1.165, 1.54) is 0 Å². The van der Waals surface area contributed by atoms with Crippen LogP contribution in [0.3, 0.4) is 0 Å². The molecular formula is C8H8N2O. The molecule has 0 aliphatic rings. The summed E-state index contributed by atoms with van der Waals surface area (Å²) in [4.78, 5) is 0. The lowest BCUT2D eigenvalue weighted by Crippen LogP contribution is -1.91. The van der Waals surface area contributed by atoms with Gasteiger partial charge in [-0.15, -0.1) is 0 Å². The quantitative estimate of drug-likeness (QED) is 0.607. The molecule has 0 amide bonds. The molecule has 2 N–H and O–H groups in total. The molecule has 0 spiro atoms. The zero-order chi connectivity index (χ0) is 8.27. The van der Waals surface area contributed by atoms with Gasteiger partial charge in [-0.05, 0) is 18.2 Å². The van der Waals surface area contributed by atoms with Gasteiger partial charge in [-0.2, -0.15) is 5.26 Å². The minimum atomic E-state index is 0.448. The molecule has 0 atom stereocenters. The number of nitriles is 1. The van der Waals surface area contributed by atoms with Crippen LogP contribution in [0.4, 0.5) is 5.69 Å². The summed E-state index contributed by atoms with van der Waals surface area (Å²) in [6.45, 7) is 0. The van der Waals surface area contributed by atoms with Crippen molar-refractivity contribution in [3.05, 3.63) is 23.8 Å². The predicted molar refractivity (Wildman–Crippen MR) is 42.1 cm³/mol. The van der Waals surface area contributed by atoms with Crippen molar-refractivity contribution >= 4 is 5.69 Å². The summed E-state index contributed by atoms with van der Waals surface area (Å²) < 4.78 is 4.90. The molecule has 0 aliphatic carbocycles. The Labute approximate surface area is 65.0 Å². The third-order valence-corrected chi connectivity index (χ3v) is 1.38. The molecule has 0 aliphatic heterocycles. The van der Waals surface area contributed by atoms with Gasteiger partial charge >= 0.3 is 0 Å². The Bertz CT molecular complexity index is 301. The Kier molecular flexibility index (Phi) is 1.98. The predicted octanol–water partition coefficient (Wildman–Crippen LogP) is 1.15. The lowest BCUT2D eigenvalue weighted by molar-refractivity contribution is 0.415. The molecular weight excluding hydrogens is 140 g/mol. The Hall–Kier alpha value is -1.69. The summed E-state index contributed by atoms with van der Waals surface area (Å²) in [5.74, 6) is 0.649. The molecule has 0 bridgehead atoms. The maximum atomic E-state index is 8.55. The Morgan fingerprint density at radius 1 is 1.55 bits per heavy atom. The zero-order valence-electron chi connectivity index (χ0n) is 6.16. The smallest absolute Gasteiger partial charge is 0.120 e. The summed E-state index contributed by atoms with van der Waals surface area (Å²) in [6, 6.07) is 6.94. The third kappa shape index (κ3) is 1.41. The number of methoxy groups -OCH3 is 1. The molecule has 1 aromatic carbocycles. The largest absolute Gasteiger partial charge is 0.497 e. The van der Waals surface area contributed by atoms with E-state index in [4.69, 9.17) is 15.7 Å². The first-order valence-electron chi connectivity index (χ1n) is 3.11. The molecule has 0 radical (unpaired) electrons. The number of nitrogens with zero attached hydrogens (tertiary/aromatic N) is 1. The van der Waals surface area contributed by atoms with E-state index in [0.29, 0.717) is 17.0 Å². The average molecular weight is 148 g/mol. The van der Waals surface area contributed by atoms with Crippen LogP contribution in [0.15, 0.2) is 18.2 Å². The van der Waals surface area contributed by atoms with Crippen LogP contribution in [0.1, 0.15) is 5.56 Å². The first-order valence-corrected chi connectivity index (χ1v) is 3.11. The van der Waals surface area contributed by atoms with Crippen LogP contribution in [0, 0.1) is 11.3 Å². The molecule has 0 saturated heterocycles. The van der Waals surface area contributed by atoms with Crippen molar-refractivity contribution in [1.29, 1.82) is 5.26 Å². The second-order valence-electron chi connectivity index (χ2n) is 2.06. The van der Waals surface area contributed by atoms with Gasteiger partial charge < -0.3 is 10.5 Å². The molecule has 3 nitrogen and oxygen atoms in total. The highest BCUT2D eigenvalue weighted by atomic mass is 16.5. The first kappa shape index (κ1) is 7.42. The van der Waals surface area contributed by atoms with Gasteiger partial charge in [-0.1, -0.05) is 0 Å². The topological polar surface area (TPSA) is 59.0 Å². The highest BCUT2D eigenvalue weighted by Crippen LogP contribution is 2.17. The van der Waals surface area contributed by atoms with E-state index in [-0.39, 0.29) is 0 Å². The molecule has 11 heavy (non-hydrogen) atoms. The number of hydrogen-bond acceptors (Lipinski definition) is 3. The number of nitrogen functional groups attached to an aromatic ring is 1. The number of nitrogens with two attached hydrogens (primary N) is 1. The van der Waals surface area contributed by atoms with E-state index >= 15 is 0 Å². The van der Waals surface area contributed by atoms with Gasteiger partial charge in [-0.3, -0.25) is 0 Å². The normalized spacial score (nSPS) is 8.73. The number of hydrogen-bond donors (Lipinski definition) is 1. The molecule has 1 aromatic rings. The summed E-state index contributed by atoms with van der Waals surface area (Å²) >= 11 is 0. The summed E-state index contributed by atoms with van der Waals surface area (Å²) in [5.41, 5.74) is 6.40. The van der Waals surface area contributed by atoms with Gasteiger partial charge in [0.05, 0.1) is 12.7 Å². The van der Waals surface area contributed by atoms with Crippen LogP contribution in [0.2, 0.25) is 0 Å². The van der Waals surface area contributed by atoms with Crippen LogP contribution in [0.25, 0.3) is 0 Å². The van der Waals surface area contributed by atoms with Crippen LogP contribution < -0.4 is 10.5 Å². The number of ether oxygens (including phenoxy) is 1. The Morgan fingerprint density at radius 3 is 2.82 bits per heavy atom. The van der Waals surface area contributed by atoms with Crippen LogP contribution in [0.5, 0.6) is 5.75 Å². The summed E-state index contributed by atoms with van der Waals surface area (Å²) in [7, 11) is 1.55. The fourth-order valence-electron chi connectivity index (χ4n) is 0.759. The Morgan fingerprint density at radius 2 is 2.27 bits per heavy atom. The Balaban J connectivity index is 3.15. The average Bonchev–Trinajstić information content (AvgIpc) is 2.05. The molecule has 0 unspecified atom stereocenters. The van der Waals surface area contributed by atoms with Gasteiger partial charge in [0.15, 0.2) is 0 Å². The van der Waals surface area contributed by atoms with Crippen molar-refractivity contribution < 1.29 is 4.74 Å². The highest BCUT2D eigenvalue weighted by Gasteiger charge is 1.98. The minimum Gasteiger partial charge on any atom is -0.497 e. The lowest BCUT2D eigenvalue weighted by atomic mass is 10.2. The van der Waals surface area contributed by atoms with Crippen molar-refractivity contribution in [2.45, 2.75) is 0 Å². The van der Waals surface area contributed by atoms with E-state index in [2.05, 4.69) is 0 Å². The molecule has 56 valence electrons. The van der Waals surface area contributed by atoms with E-state index < -0.39 is 0 Å². The van der Waals surface area contributed by atoms with E-state index in [1.54, 1.807) is 25.3 Å². The lowest BCUT2D eigenvalue weighted by Gasteiger charge is -2.00. The molecule has 0 saturated carbocycles. The maximum absolute atomic E-state index is 8.55. The van der Waals surface area contributed by atoms with Crippen LogP contribution >= 0.6 is 0 Å². The summed E-state index contributed by atoms with van der Waals surface area (Å²) in [5, 5.41) is 8.55. The number of rotatable bonds is 1. The van der Waals surface area contributed by atoms with E-state index in [1.807, 2.05) is 6.07 Å². The minimum absolute atomic E-state index is 0.448. The maximum Gasteiger partial charge on any atom is 0.120 e. The summed E-state index contributed by atoms with van der Waals surface area (Å²) in [6.07, 6.45) is 0. The van der Waals surface area contributed by atoms with E-state index in [0.717, 1.165) is 0 Å². The monoisotopic (exact) mass is 148 g/mol. The molecule has 0 aromatic heterocycles. The zero-order valence-corrected chi connectivity index (χ0v) is 6.16. The van der Waals surface area contributed by atoms with Crippen molar-refractivity contribution in [1.82, 2.24) is 0 Å².